The minimum atomic E-state index is 0. The molecule has 0 aliphatic heterocycles. The maximum Gasteiger partial charge on any atom is -0.0253 e. The van der Waals surface area contributed by atoms with Crippen molar-refractivity contribution in [3.63, 3.8) is 0 Å². The van der Waals surface area contributed by atoms with E-state index >= 15 is 0 Å². The van der Waals surface area contributed by atoms with Crippen molar-refractivity contribution in [3.8, 4) is 11.1 Å². The Balaban J connectivity index is 0.000000200. The van der Waals surface area contributed by atoms with Gasteiger partial charge in [-0.25, -0.2) is 6.08 Å². The molecule has 38 heavy (non-hydrogen) atoms. The van der Waals surface area contributed by atoms with Crippen LogP contribution in [0, 0.1) is 17.6 Å². The number of rotatable bonds is 2. The molecule has 0 unspecified atom stereocenters. The normalized spacial score (nSPS) is 12.2. The Kier molecular flexibility index (Phi) is 12.9. The molecule has 0 radical (unpaired) electrons. The van der Waals surface area contributed by atoms with E-state index in [1.807, 2.05) is 6.07 Å². The minimum absolute atomic E-state index is 0. The molecule has 6 rings (SSSR count). The molecule has 0 saturated carbocycles. The van der Waals surface area contributed by atoms with Gasteiger partial charge < -0.3 is 24.8 Å². The first-order valence-corrected chi connectivity index (χ1v) is 13.7. The summed E-state index contributed by atoms with van der Waals surface area (Å²) in [7, 11) is 0. The summed E-state index contributed by atoms with van der Waals surface area (Å²) < 4.78 is 1.42. The van der Waals surface area contributed by atoms with Crippen molar-refractivity contribution in [1.29, 1.82) is 0 Å². The topological polar surface area (TPSA) is 0 Å². The summed E-state index contributed by atoms with van der Waals surface area (Å²) in [5, 5.41) is 0. The predicted octanol–water partition coefficient (Wildman–Crippen LogP) is 2.59. The smallest absolute Gasteiger partial charge is 0.0253 e. The third kappa shape index (κ3) is 8.60. The second kappa shape index (κ2) is 15.3. The Bertz CT molecular complexity index is 1280. The number of benzene rings is 4. The first kappa shape index (κ1) is 31.9. The third-order valence-corrected chi connectivity index (χ3v) is 7.72. The zero-order valence-corrected chi connectivity index (χ0v) is 26.1. The van der Waals surface area contributed by atoms with Crippen LogP contribution >= 0.6 is 0 Å². The van der Waals surface area contributed by atoms with Crippen molar-refractivity contribution in [2.75, 3.05) is 0 Å². The summed E-state index contributed by atoms with van der Waals surface area (Å²) in [4.78, 5) is 0. The van der Waals surface area contributed by atoms with Crippen LogP contribution in [-0.2, 0) is 30.7 Å². The first-order chi connectivity index (χ1) is 17.4. The Morgan fingerprint density at radius 3 is 1.79 bits per heavy atom. The average molecular weight is 615 g/mol. The summed E-state index contributed by atoms with van der Waals surface area (Å²) in [5.41, 5.74) is 9.91. The van der Waals surface area contributed by atoms with Gasteiger partial charge in [-0.05, 0) is 6.42 Å². The van der Waals surface area contributed by atoms with E-state index in [1.54, 1.807) is 0 Å². The number of halogens is 2. The van der Waals surface area contributed by atoms with Gasteiger partial charge in [-0.1, -0.05) is 61.6 Å². The van der Waals surface area contributed by atoms with Gasteiger partial charge in [0.15, 0.2) is 0 Å². The second-order valence-corrected chi connectivity index (χ2v) is 11.2. The summed E-state index contributed by atoms with van der Waals surface area (Å²) in [6.07, 6.45) is 9.55. The van der Waals surface area contributed by atoms with Gasteiger partial charge in [0.2, 0.25) is 0 Å². The van der Waals surface area contributed by atoms with E-state index in [2.05, 4.69) is 142 Å². The Morgan fingerprint density at radius 1 is 0.711 bits per heavy atom. The molecule has 0 amide bonds. The van der Waals surface area contributed by atoms with Crippen LogP contribution in [0.25, 0.3) is 11.1 Å². The monoisotopic (exact) mass is 612 g/mol. The summed E-state index contributed by atoms with van der Waals surface area (Å²) in [6.45, 7) is 6.67. The molecule has 0 atom stereocenters. The number of allylic oxidation sites excluding steroid dienone is 4. The van der Waals surface area contributed by atoms with Crippen molar-refractivity contribution in [2.24, 2.45) is 5.41 Å². The quantitative estimate of drug-likeness (QED) is 0.269. The molecule has 2 aliphatic carbocycles. The van der Waals surface area contributed by atoms with Crippen LogP contribution in [0.1, 0.15) is 49.4 Å². The fourth-order valence-corrected chi connectivity index (χ4v) is 5.11. The van der Waals surface area contributed by atoms with Crippen LogP contribution in [0.2, 0.25) is 0 Å². The molecule has 0 nitrogen and oxygen atoms in total. The van der Waals surface area contributed by atoms with E-state index in [0.717, 1.165) is 12.8 Å². The SMILES string of the molecule is CC(C)(C)C1=CC[C-]=C1.[Cl-].[Cl-].[Zr+2]=[C](c1ccccc1)c1ccccc1.[c-]1cccc2c1Cc1ccccc1-2. The molecule has 0 bridgehead atoms. The molecule has 3 heteroatoms. The molecule has 0 aromatic heterocycles. The zero-order valence-electron chi connectivity index (χ0n) is 22.1. The van der Waals surface area contributed by atoms with Crippen molar-refractivity contribution in [2.45, 2.75) is 33.6 Å². The number of fused-ring (bicyclic) bond motifs is 3. The molecule has 0 saturated heterocycles. The molecule has 4 aromatic rings. The van der Waals surface area contributed by atoms with E-state index in [0.29, 0.717) is 5.41 Å². The maximum atomic E-state index is 3.30. The summed E-state index contributed by atoms with van der Waals surface area (Å²) in [5.74, 6) is 0. The first-order valence-electron chi connectivity index (χ1n) is 12.5. The van der Waals surface area contributed by atoms with Gasteiger partial charge in [0.05, 0.1) is 0 Å². The van der Waals surface area contributed by atoms with E-state index in [4.69, 9.17) is 0 Å². The van der Waals surface area contributed by atoms with Crippen LogP contribution in [0.3, 0.4) is 0 Å². The van der Waals surface area contributed by atoms with Gasteiger partial charge in [-0.2, -0.15) is 41.5 Å². The molecular weight excluding hydrogens is 583 g/mol. The van der Waals surface area contributed by atoms with Crippen LogP contribution in [0.5, 0.6) is 0 Å². The predicted molar refractivity (Wildman–Crippen MR) is 150 cm³/mol. The van der Waals surface area contributed by atoms with Gasteiger partial charge in [-0.3, -0.25) is 6.08 Å². The van der Waals surface area contributed by atoms with Gasteiger partial charge in [0.25, 0.3) is 0 Å². The number of hydrogen-bond acceptors (Lipinski definition) is 0. The molecule has 2 aliphatic rings. The van der Waals surface area contributed by atoms with Crippen LogP contribution in [0.15, 0.2) is 121 Å². The van der Waals surface area contributed by atoms with Crippen LogP contribution < -0.4 is 24.8 Å². The number of hydrogen-bond donors (Lipinski definition) is 0. The van der Waals surface area contributed by atoms with Gasteiger partial charge in [-0.15, -0.1) is 12.0 Å². The standard InChI is InChI=1S/C13H9.C13H10.C9H13.2ClH.Zr/c1-3-7-12-10(5-1)9-11-6-2-4-8-13(11)12;1-3-7-12(8-4-1)11-13-9-5-2-6-10-13;1-9(2,3)8-6-4-5-7-8;;;/h1-5,7-8H,9H2;1-10H;6-7H,4H2,1-3H3;2*1H;/q-1;;-1;;;+2/p-2. The van der Waals surface area contributed by atoms with Crippen LogP contribution in [-0.4, -0.2) is 3.21 Å². The van der Waals surface area contributed by atoms with Gasteiger partial charge >= 0.3 is 99.2 Å². The average Bonchev–Trinajstić information content (AvgIpc) is 3.59. The Hall–Kier alpha value is -2.31. The van der Waals surface area contributed by atoms with E-state index < -0.39 is 0 Å². The molecular formula is C35H32Cl2Zr-2. The van der Waals surface area contributed by atoms with Crippen LogP contribution in [0.4, 0.5) is 0 Å². The molecule has 0 fully saturated rings. The fraction of sp³-hybridized carbons (Fsp3) is 0.171. The molecule has 0 heterocycles. The molecule has 192 valence electrons. The molecule has 0 N–H and O–H groups in total. The van der Waals surface area contributed by atoms with Crippen molar-refractivity contribution in [1.82, 2.24) is 0 Å². The largest absolute Gasteiger partial charge is 0.179 e. The Labute approximate surface area is 256 Å². The van der Waals surface area contributed by atoms with Crippen molar-refractivity contribution in [3.05, 3.63) is 155 Å². The zero-order chi connectivity index (χ0) is 25.4. The van der Waals surface area contributed by atoms with Crippen molar-refractivity contribution < 1.29 is 49.0 Å². The van der Waals surface area contributed by atoms with E-state index in [9.17, 15) is 0 Å². The van der Waals surface area contributed by atoms with Crippen molar-refractivity contribution >= 4 is 3.21 Å². The van der Waals surface area contributed by atoms with E-state index in [-0.39, 0.29) is 24.8 Å². The van der Waals surface area contributed by atoms with Gasteiger partial charge in [0, 0.05) is 0 Å². The van der Waals surface area contributed by atoms with E-state index in [1.165, 1.54) is 66.4 Å². The summed E-state index contributed by atoms with van der Waals surface area (Å²) >= 11 is 1.46. The minimum Gasteiger partial charge on any atom is -0.179 e. The molecule has 0 spiro atoms. The Morgan fingerprint density at radius 2 is 1.26 bits per heavy atom. The third-order valence-electron chi connectivity index (χ3n) is 6.30. The second-order valence-electron chi connectivity index (χ2n) is 9.97. The maximum absolute atomic E-state index is 3.30. The summed E-state index contributed by atoms with van der Waals surface area (Å²) in [6, 6.07) is 39.2. The molecule has 4 aromatic carbocycles. The van der Waals surface area contributed by atoms with Gasteiger partial charge in [0.1, 0.15) is 0 Å². The fourth-order valence-electron chi connectivity index (χ4n) is 4.29.